The number of benzene rings is 3. The second kappa shape index (κ2) is 8.78. The normalized spacial score (nSPS) is 15.7. The molecule has 3 aromatic rings. The molecule has 0 spiro atoms. The van der Waals surface area contributed by atoms with Crippen molar-refractivity contribution in [1.82, 2.24) is 5.32 Å². The first kappa shape index (κ1) is 20.9. The summed E-state index contributed by atoms with van der Waals surface area (Å²) in [5.74, 6) is -0.299. The summed E-state index contributed by atoms with van der Waals surface area (Å²) < 4.78 is 0. The van der Waals surface area contributed by atoms with Crippen LogP contribution in [-0.2, 0) is 4.79 Å². The molecule has 0 unspecified atom stereocenters. The number of nitrogens with one attached hydrogen (secondary N) is 2. The molecule has 0 aromatic heterocycles. The van der Waals surface area contributed by atoms with E-state index < -0.39 is 6.04 Å². The van der Waals surface area contributed by atoms with E-state index in [4.69, 9.17) is 5.26 Å². The number of para-hydroxylation sites is 2. The van der Waals surface area contributed by atoms with Gasteiger partial charge in [-0.05, 0) is 55.3 Å². The van der Waals surface area contributed by atoms with Gasteiger partial charge in [-0.15, -0.1) is 0 Å². The Balaban J connectivity index is 1.81. The number of nitrogens with zero attached hydrogens (tertiary/aromatic N) is 2. The number of carbonyl (C=O) groups is 2. The predicted octanol–water partition coefficient (Wildman–Crippen LogP) is 5.05. The minimum absolute atomic E-state index is 0.299. The SMILES string of the molecule is CC1=C(C(=O)Nc2ccccc2C)[C@@H](c2ccc(C#N)cc2)NC(=O)N1c1ccccc1. The number of amides is 3. The minimum Gasteiger partial charge on any atom is -0.326 e. The van der Waals surface area contributed by atoms with Gasteiger partial charge in [0.25, 0.3) is 5.91 Å². The van der Waals surface area contributed by atoms with Crippen LogP contribution in [0, 0.1) is 18.3 Å². The third kappa shape index (κ3) is 3.96. The summed E-state index contributed by atoms with van der Waals surface area (Å²) in [7, 11) is 0. The maximum atomic E-state index is 13.5. The van der Waals surface area contributed by atoms with Gasteiger partial charge in [0.15, 0.2) is 0 Å². The fraction of sp³-hybridized carbons (Fsp3) is 0.115. The van der Waals surface area contributed by atoms with Gasteiger partial charge in [-0.25, -0.2) is 4.79 Å². The summed E-state index contributed by atoms with van der Waals surface area (Å²) >= 11 is 0. The number of rotatable bonds is 4. The molecule has 3 amide bonds. The van der Waals surface area contributed by atoms with E-state index in [0.717, 1.165) is 11.1 Å². The number of allylic oxidation sites excluding steroid dienone is 1. The van der Waals surface area contributed by atoms with E-state index >= 15 is 0 Å². The fourth-order valence-corrected chi connectivity index (χ4v) is 3.83. The molecule has 0 saturated heterocycles. The summed E-state index contributed by atoms with van der Waals surface area (Å²) in [5.41, 5.74) is 4.52. The zero-order chi connectivity index (χ0) is 22.7. The number of urea groups is 1. The lowest BCUT2D eigenvalue weighted by Gasteiger charge is -2.35. The minimum atomic E-state index is -0.653. The molecule has 158 valence electrons. The molecule has 32 heavy (non-hydrogen) atoms. The maximum Gasteiger partial charge on any atom is 0.326 e. The Hall–Kier alpha value is -4.37. The molecule has 0 bridgehead atoms. The first-order chi connectivity index (χ1) is 15.5. The van der Waals surface area contributed by atoms with E-state index in [9.17, 15) is 9.59 Å². The maximum absolute atomic E-state index is 13.5. The van der Waals surface area contributed by atoms with Crippen molar-refractivity contribution in [1.29, 1.82) is 5.26 Å². The van der Waals surface area contributed by atoms with Crippen molar-refractivity contribution in [3.8, 4) is 6.07 Å². The Kier molecular flexibility index (Phi) is 5.73. The Morgan fingerprint density at radius 3 is 2.28 bits per heavy atom. The van der Waals surface area contributed by atoms with Crippen molar-refractivity contribution in [3.05, 3.63) is 107 Å². The van der Waals surface area contributed by atoms with Crippen molar-refractivity contribution >= 4 is 23.3 Å². The van der Waals surface area contributed by atoms with E-state index in [-0.39, 0.29) is 11.9 Å². The standard InChI is InChI=1S/C26H22N4O2/c1-17-8-6-7-11-22(17)28-25(31)23-18(2)30(21-9-4-3-5-10-21)26(32)29-24(23)20-14-12-19(16-27)13-15-20/h3-15,24H,1-2H3,(H,28,31)(H,29,32)/t24-/m1/s1. The second-order valence-electron chi connectivity index (χ2n) is 7.56. The van der Waals surface area contributed by atoms with E-state index in [1.54, 1.807) is 31.2 Å². The van der Waals surface area contributed by atoms with Gasteiger partial charge in [-0.3, -0.25) is 9.69 Å². The van der Waals surface area contributed by atoms with Crippen molar-refractivity contribution < 1.29 is 9.59 Å². The topological polar surface area (TPSA) is 85.2 Å². The van der Waals surface area contributed by atoms with Crippen LogP contribution in [0.1, 0.15) is 29.7 Å². The Morgan fingerprint density at radius 1 is 0.969 bits per heavy atom. The molecule has 4 rings (SSSR count). The van der Waals surface area contributed by atoms with E-state index in [1.807, 2.05) is 61.5 Å². The zero-order valence-electron chi connectivity index (χ0n) is 17.8. The number of hydrogen-bond acceptors (Lipinski definition) is 3. The first-order valence-electron chi connectivity index (χ1n) is 10.2. The summed E-state index contributed by atoms with van der Waals surface area (Å²) in [5, 5.41) is 15.1. The Labute approximate surface area is 186 Å². The van der Waals surface area contributed by atoms with Gasteiger partial charge >= 0.3 is 6.03 Å². The molecule has 1 aliphatic heterocycles. The number of carbonyl (C=O) groups excluding carboxylic acids is 2. The van der Waals surface area contributed by atoms with Crippen molar-refractivity contribution in [2.45, 2.75) is 19.9 Å². The van der Waals surface area contributed by atoms with Crippen LogP contribution in [0.5, 0.6) is 0 Å². The number of anilines is 2. The highest BCUT2D eigenvalue weighted by molar-refractivity contribution is 6.10. The largest absolute Gasteiger partial charge is 0.326 e. The lowest BCUT2D eigenvalue weighted by atomic mass is 9.93. The molecule has 0 saturated carbocycles. The van der Waals surface area contributed by atoms with Gasteiger partial charge in [-0.2, -0.15) is 5.26 Å². The average Bonchev–Trinajstić information content (AvgIpc) is 2.81. The van der Waals surface area contributed by atoms with Crippen LogP contribution in [0.2, 0.25) is 0 Å². The number of nitriles is 1. The van der Waals surface area contributed by atoms with Crippen LogP contribution < -0.4 is 15.5 Å². The molecule has 2 N–H and O–H groups in total. The third-order valence-corrected chi connectivity index (χ3v) is 5.51. The summed E-state index contributed by atoms with van der Waals surface area (Å²) in [4.78, 5) is 28.1. The molecule has 1 aliphatic rings. The van der Waals surface area contributed by atoms with Crippen molar-refractivity contribution in [2.24, 2.45) is 0 Å². The monoisotopic (exact) mass is 422 g/mol. The Morgan fingerprint density at radius 2 is 1.62 bits per heavy atom. The van der Waals surface area contributed by atoms with E-state index in [0.29, 0.717) is 28.2 Å². The summed E-state index contributed by atoms with van der Waals surface area (Å²) in [6.45, 7) is 3.70. The smallest absolute Gasteiger partial charge is 0.326 e. The molecule has 1 atom stereocenters. The predicted molar refractivity (Wildman–Crippen MR) is 124 cm³/mol. The van der Waals surface area contributed by atoms with Gasteiger partial charge in [-0.1, -0.05) is 48.5 Å². The molecule has 0 aliphatic carbocycles. The van der Waals surface area contributed by atoms with Gasteiger partial charge < -0.3 is 10.6 Å². The summed E-state index contributed by atoms with van der Waals surface area (Å²) in [6.07, 6.45) is 0. The van der Waals surface area contributed by atoms with Gasteiger partial charge in [0, 0.05) is 11.4 Å². The lowest BCUT2D eigenvalue weighted by Crippen LogP contribution is -2.48. The first-order valence-corrected chi connectivity index (χ1v) is 10.2. The van der Waals surface area contributed by atoms with Crippen LogP contribution in [0.25, 0.3) is 0 Å². The Bertz CT molecular complexity index is 1240. The van der Waals surface area contributed by atoms with Crippen LogP contribution in [0.15, 0.2) is 90.1 Å². The van der Waals surface area contributed by atoms with Crippen LogP contribution in [0.3, 0.4) is 0 Å². The molecule has 6 heteroatoms. The molecular weight excluding hydrogens is 400 g/mol. The zero-order valence-corrected chi connectivity index (χ0v) is 17.8. The van der Waals surface area contributed by atoms with Crippen LogP contribution in [0.4, 0.5) is 16.2 Å². The van der Waals surface area contributed by atoms with Crippen LogP contribution in [-0.4, -0.2) is 11.9 Å². The summed E-state index contributed by atoms with van der Waals surface area (Å²) in [6, 6.07) is 24.7. The molecule has 0 radical (unpaired) electrons. The molecule has 3 aromatic carbocycles. The highest BCUT2D eigenvalue weighted by atomic mass is 16.2. The third-order valence-electron chi connectivity index (χ3n) is 5.51. The molecular formula is C26H22N4O2. The highest BCUT2D eigenvalue weighted by Crippen LogP contribution is 2.34. The van der Waals surface area contributed by atoms with Gasteiger partial charge in [0.05, 0.1) is 28.9 Å². The fourth-order valence-electron chi connectivity index (χ4n) is 3.83. The van der Waals surface area contributed by atoms with Crippen molar-refractivity contribution in [3.63, 3.8) is 0 Å². The number of aryl methyl sites for hydroxylation is 1. The average molecular weight is 422 g/mol. The number of hydrogen-bond donors (Lipinski definition) is 2. The molecule has 6 nitrogen and oxygen atoms in total. The van der Waals surface area contributed by atoms with Crippen molar-refractivity contribution in [2.75, 3.05) is 10.2 Å². The molecule has 0 fully saturated rings. The highest BCUT2D eigenvalue weighted by Gasteiger charge is 2.36. The lowest BCUT2D eigenvalue weighted by molar-refractivity contribution is -0.113. The van der Waals surface area contributed by atoms with Gasteiger partial charge in [0.1, 0.15) is 0 Å². The second-order valence-corrected chi connectivity index (χ2v) is 7.56. The van der Waals surface area contributed by atoms with Gasteiger partial charge in [0.2, 0.25) is 0 Å². The molecule has 1 heterocycles. The van der Waals surface area contributed by atoms with E-state index in [1.165, 1.54) is 4.90 Å². The van der Waals surface area contributed by atoms with E-state index in [2.05, 4.69) is 16.7 Å². The van der Waals surface area contributed by atoms with Crippen LogP contribution >= 0.6 is 0 Å². The quantitative estimate of drug-likeness (QED) is 0.617.